The molecule has 0 aliphatic heterocycles. The molecule has 4 rings (SSSR count). The predicted molar refractivity (Wildman–Crippen MR) is 134 cm³/mol. The highest BCUT2D eigenvalue weighted by atomic mass is 32.1. The monoisotopic (exact) mass is 492 g/mol. The second-order valence-corrected chi connectivity index (χ2v) is 9.83. The molecule has 0 spiro atoms. The largest absolute Gasteiger partial charge is 0.479 e. The molecule has 2 atom stereocenters. The minimum atomic E-state index is -1.13. The molecule has 35 heavy (non-hydrogen) atoms. The van der Waals surface area contributed by atoms with E-state index in [1.54, 1.807) is 17.5 Å². The Bertz CT molecular complexity index is 1160. The van der Waals surface area contributed by atoms with Crippen molar-refractivity contribution in [3.63, 3.8) is 0 Å². The van der Waals surface area contributed by atoms with E-state index in [1.165, 1.54) is 11.3 Å². The lowest BCUT2D eigenvalue weighted by Gasteiger charge is -2.23. The number of thiophene rings is 1. The summed E-state index contributed by atoms with van der Waals surface area (Å²) in [5.74, 6) is -2.36. The Balaban J connectivity index is 1.36. The predicted octanol–water partition coefficient (Wildman–Crippen LogP) is 4.80. The Morgan fingerprint density at radius 3 is 2.14 bits per heavy atom. The van der Waals surface area contributed by atoms with Crippen molar-refractivity contribution in [3.8, 4) is 11.1 Å². The molecule has 0 radical (unpaired) electrons. The molecule has 0 bridgehead atoms. The van der Waals surface area contributed by atoms with Gasteiger partial charge in [-0.3, -0.25) is 4.79 Å². The van der Waals surface area contributed by atoms with Gasteiger partial charge in [-0.1, -0.05) is 68.4 Å². The molecule has 2 unspecified atom stereocenters. The molecule has 3 N–H and O–H groups in total. The zero-order valence-electron chi connectivity index (χ0n) is 19.6. The van der Waals surface area contributed by atoms with Crippen molar-refractivity contribution in [2.45, 2.75) is 25.8 Å². The molecule has 1 aromatic heterocycles. The second-order valence-electron chi connectivity index (χ2n) is 8.85. The first-order valence-electron chi connectivity index (χ1n) is 11.5. The number of amides is 2. The van der Waals surface area contributed by atoms with Gasteiger partial charge in [0.15, 0.2) is 6.04 Å². The quantitative estimate of drug-likeness (QED) is 0.398. The second kappa shape index (κ2) is 10.7. The molecule has 0 saturated heterocycles. The van der Waals surface area contributed by atoms with Gasteiger partial charge in [0.05, 0.1) is 5.92 Å². The number of aliphatic carboxylic acids is 1. The van der Waals surface area contributed by atoms with Gasteiger partial charge in [-0.25, -0.2) is 9.59 Å². The van der Waals surface area contributed by atoms with Gasteiger partial charge in [0.25, 0.3) is 0 Å². The molecule has 1 aliphatic rings. The number of carbonyl (C=O) groups is 3. The van der Waals surface area contributed by atoms with Gasteiger partial charge in [0, 0.05) is 17.3 Å². The summed E-state index contributed by atoms with van der Waals surface area (Å²) in [5, 5.41) is 16.6. The van der Waals surface area contributed by atoms with E-state index in [4.69, 9.17) is 4.74 Å². The molecule has 1 heterocycles. The van der Waals surface area contributed by atoms with Crippen LogP contribution in [-0.4, -0.2) is 36.2 Å². The van der Waals surface area contributed by atoms with E-state index >= 15 is 0 Å². The van der Waals surface area contributed by atoms with Crippen molar-refractivity contribution < 1.29 is 24.2 Å². The smallest absolute Gasteiger partial charge is 0.407 e. The summed E-state index contributed by atoms with van der Waals surface area (Å²) < 4.78 is 5.55. The molecule has 0 saturated carbocycles. The molecule has 7 nitrogen and oxygen atoms in total. The number of fused-ring (bicyclic) bond motifs is 3. The highest BCUT2D eigenvalue weighted by molar-refractivity contribution is 7.10. The highest BCUT2D eigenvalue weighted by Crippen LogP contribution is 2.44. The summed E-state index contributed by atoms with van der Waals surface area (Å²) in [7, 11) is 0. The van der Waals surface area contributed by atoms with Gasteiger partial charge in [-0.2, -0.15) is 0 Å². The maximum Gasteiger partial charge on any atom is 0.407 e. The fourth-order valence-corrected chi connectivity index (χ4v) is 5.20. The van der Waals surface area contributed by atoms with Crippen LogP contribution in [0.1, 0.15) is 41.8 Å². The van der Waals surface area contributed by atoms with Gasteiger partial charge in [-0.05, 0) is 39.6 Å². The standard InChI is InChI=1S/C27H28N2O5S/c1-16(2)21(25(30)29-24(26(31)32)23-12-7-13-35-23)14-28-27(33)34-15-22-19-10-5-3-8-17(19)18-9-4-6-11-20(18)22/h3-13,16,21-22,24H,14-15H2,1-2H3,(H,28,33)(H,29,30)(H,31,32). The number of carboxylic acid groups (broad SMARTS) is 1. The van der Waals surface area contributed by atoms with E-state index < -0.39 is 29.9 Å². The molecule has 2 amide bonds. The van der Waals surface area contributed by atoms with Crippen LogP contribution in [0.5, 0.6) is 0 Å². The van der Waals surface area contributed by atoms with E-state index in [-0.39, 0.29) is 25.0 Å². The molecule has 1 aliphatic carbocycles. The lowest BCUT2D eigenvalue weighted by atomic mass is 9.94. The Hall–Kier alpha value is -3.65. The summed E-state index contributed by atoms with van der Waals surface area (Å²) in [6, 6.07) is 18.5. The molecule has 0 fully saturated rings. The van der Waals surface area contributed by atoms with Crippen LogP contribution in [-0.2, 0) is 14.3 Å². The van der Waals surface area contributed by atoms with Crippen molar-refractivity contribution in [1.29, 1.82) is 0 Å². The molecule has 2 aromatic carbocycles. The third-order valence-electron chi connectivity index (χ3n) is 6.31. The number of nitrogens with one attached hydrogen (secondary N) is 2. The van der Waals surface area contributed by atoms with Crippen molar-refractivity contribution in [2.24, 2.45) is 11.8 Å². The third-order valence-corrected chi connectivity index (χ3v) is 7.25. The van der Waals surface area contributed by atoms with Crippen LogP contribution in [0.25, 0.3) is 11.1 Å². The fraction of sp³-hybridized carbons (Fsp3) is 0.296. The minimum Gasteiger partial charge on any atom is -0.479 e. The Labute approximate surface area is 208 Å². The van der Waals surface area contributed by atoms with E-state index in [0.29, 0.717) is 4.88 Å². The molecular formula is C27H28N2O5S. The summed E-state index contributed by atoms with van der Waals surface area (Å²) in [6.07, 6.45) is -0.613. The number of rotatable bonds is 9. The van der Waals surface area contributed by atoms with Crippen molar-refractivity contribution in [3.05, 3.63) is 82.0 Å². The number of carboxylic acids is 1. The summed E-state index contributed by atoms with van der Waals surface area (Å²) in [5.41, 5.74) is 4.53. The molecule has 8 heteroatoms. The number of alkyl carbamates (subject to hydrolysis) is 1. The topological polar surface area (TPSA) is 105 Å². The van der Waals surface area contributed by atoms with E-state index in [0.717, 1.165) is 22.3 Å². The van der Waals surface area contributed by atoms with Crippen molar-refractivity contribution in [2.75, 3.05) is 13.2 Å². The number of hydrogen-bond acceptors (Lipinski definition) is 5. The first-order valence-corrected chi connectivity index (χ1v) is 12.4. The lowest BCUT2D eigenvalue weighted by molar-refractivity contribution is -0.142. The number of ether oxygens (including phenoxy) is 1. The van der Waals surface area contributed by atoms with Gasteiger partial charge >= 0.3 is 12.1 Å². The average molecular weight is 493 g/mol. The molecule has 3 aromatic rings. The summed E-state index contributed by atoms with van der Waals surface area (Å²) in [6.45, 7) is 3.92. The third kappa shape index (κ3) is 5.38. The Morgan fingerprint density at radius 2 is 1.60 bits per heavy atom. The van der Waals surface area contributed by atoms with Crippen LogP contribution in [0.3, 0.4) is 0 Å². The van der Waals surface area contributed by atoms with Crippen LogP contribution < -0.4 is 10.6 Å². The normalized spacial score (nSPS) is 14.0. The average Bonchev–Trinajstić information content (AvgIpc) is 3.47. The van der Waals surface area contributed by atoms with Crippen LogP contribution in [0.4, 0.5) is 4.79 Å². The van der Waals surface area contributed by atoms with Crippen molar-refractivity contribution >= 4 is 29.3 Å². The van der Waals surface area contributed by atoms with Crippen LogP contribution >= 0.6 is 11.3 Å². The van der Waals surface area contributed by atoms with Crippen LogP contribution in [0.15, 0.2) is 66.0 Å². The van der Waals surface area contributed by atoms with Crippen LogP contribution in [0.2, 0.25) is 0 Å². The van der Waals surface area contributed by atoms with Gasteiger partial charge in [-0.15, -0.1) is 11.3 Å². The number of benzene rings is 2. The van der Waals surface area contributed by atoms with Crippen molar-refractivity contribution in [1.82, 2.24) is 10.6 Å². The number of carbonyl (C=O) groups excluding carboxylic acids is 2. The first kappa shape index (κ1) is 24.5. The van der Waals surface area contributed by atoms with Gasteiger partial charge in [0.2, 0.25) is 5.91 Å². The zero-order chi connectivity index (χ0) is 24.9. The summed E-state index contributed by atoms with van der Waals surface area (Å²) in [4.78, 5) is 37.6. The highest BCUT2D eigenvalue weighted by Gasteiger charge is 2.31. The van der Waals surface area contributed by atoms with E-state index in [1.807, 2.05) is 50.2 Å². The zero-order valence-corrected chi connectivity index (χ0v) is 20.4. The first-order chi connectivity index (χ1) is 16.9. The lowest BCUT2D eigenvalue weighted by Crippen LogP contribution is -2.44. The minimum absolute atomic E-state index is 0.0386. The Morgan fingerprint density at radius 1 is 0.971 bits per heavy atom. The van der Waals surface area contributed by atoms with E-state index in [2.05, 4.69) is 22.8 Å². The molecular weight excluding hydrogens is 464 g/mol. The van der Waals surface area contributed by atoms with Gasteiger partial charge < -0.3 is 20.5 Å². The SMILES string of the molecule is CC(C)C(CNC(=O)OCC1c2ccccc2-c2ccccc21)C(=O)NC(C(=O)O)c1cccs1. The maximum atomic E-state index is 12.9. The summed E-state index contributed by atoms with van der Waals surface area (Å²) >= 11 is 1.26. The number of hydrogen-bond donors (Lipinski definition) is 3. The molecule has 182 valence electrons. The van der Waals surface area contributed by atoms with Crippen LogP contribution in [0, 0.1) is 11.8 Å². The Kier molecular flexibility index (Phi) is 7.51. The fourth-order valence-electron chi connectivity index (χ4n) is 4.43. The van der Waals surface area contributed by atoms with Gasteiger partial charge in [0.1, 0.15) is 6.61 Å². The van der Waals surface area contributed by atoms with E-state index in [9.17, 15) is 19.5 Å². The maximum absolute atomic E-state index is 12.9.